The number of amides is 3. The number of hydrogen-bond donors (Lipinski definition) is 4. The number of halogens is 2. The number of nitrogens with zero attached hydrogens (tertiary/aromatic N) is 5. The Hall–Kier alpha value is -4.56. The van der Waals surface area contributed by atoms with Crippen molar-refractivity contribution in [2.24, 2.45) is 11.7 Å². The summed E-state index contributed by atoms with van der Waals surface area (Å²) in [6.07, 6.45) is 5.60. The van der Waals surface area contributed by atoms with E-state index in [2.05, 4.69) is 25.9 Å². The predicted molar refractivity (Wildman–Crippen MR) is 191 cm³/mol. The van der Waals surface area contributed by atoms with Gasteiger partial charge >= 0.3 is 6.03 Å². The first-order chi connectivity index (χ1) is 24.2. The first-order valence-electron chi connectivity index (χ1n) is 16.4. The van der Waals surface area contributed by atoms with Gasteiger partial charge in [0.25, 0.3) is 0 Å². The van der Waals surface area contributed by atoms with Crippen molar-refractivity contribution in [2.45, 2.75) is 38.4 Å². The molecule has 15 heteroatoms. The van der Waals surface area contributed by atoms with Gasteiger partial charge in [-0.15, -0.1) is 0 Å². The fraction of sp³-hybridized carbons (Fsp3) is 0.371. The number of nitrogens with one attached hydrogen (secondary N) is 3. The molecule has 13 nitrogen and oxygen atoms in total. The van der Waals surface area contributed by atoms with E-state index in [9.17, 15) is 9.59 Å². The molecule has 50 heavy (non-hydrogen) atoms. The predicted octanol–water partition coefficient (Wildman–Crippen LogP) is 4.45. The third kappa shape index (κ3) is 7.91. The Morgan fingerprint density at radius 3 is 1.90 bits per heavy atom. The van der Waals surface area contributed by atoms with Crippen LogP contribution in [0.1, 0.15) is 30.7 Å². The maximum atomic E-state index is 11.5. The average molecular weight is 721 g/mol. The van der Waals surface area contributed by atoms with Gasteiger partial charge in [-0.25, -0.2) is 14.8 Å². The van der Waals surface area contributed by atoms with Gasteiger partial charge in [0.1, 0.15) is 11.4 Å². The summed E-state index contributed by atoms with van der Waals surface area (Å²) in [6, 6.07) is 11.0. The Kier molecular flexibility index (Phi) is 11.3. The lowest BCUT2D eigenvalue weighted by Gasteiger charge is -2.16. The molecule has 5 N–H and O–H groups in total. The monoisotopic (exact) mass is 719 g/mol. The lowest BCUT2D eigenvalue weighted by Crippen LogP contribution is -2.35. The van der Waals surface area contributed by atoms with E-state index < -0.39 is 0 Å². The fourth-order valence-corrected chi connectivity index (χ4v) is 6.94. The highest BCUT2D eigenvalue weighted by Crippen LogP contribution is 2.42. The number of likely N-dealkylation sites (tertiary alicyclic amines) is 1. The van der Waals surface area contributed by atoms with Crippen LogP contribution in [-0.2, 0) is 17.9 Å². The van der Waals surface area contributed by atoms with Gasteiger partial charge in [-0.3, -0.25) is 14.8 Å². The first-order valence-corrected chi connectivity index (χ1v) is 17.1. The van der Waals surface area contributed by atoms with Gasteiger partial charge in [0.2, 0.25) is 17.7 Å². The third-order valence-corrected chi connectivity index (χ3v) is 9.75. The van der Waals surface area contributed by atoms with Crippen molar-refractivity contribution in [3.05, 3.63) is 70.2 Å². The Bertz CT molecular complexity index is 1880. The van der Waals surface area contributed by atoms with Crippen LogP contribution in [-0.4, -0.2) is 83.2 Å². The zero-order chi connectivity index (χ0) is 35.2. The van der Waals surface area contributed by atoms with Crippen molar-refractivity contribution in [1.82, 2.24) is 40.8 Å². The van der Waals surface area contributed by atoms with Crippen LogP contribution in [0, 0.1) is 5.92 Å². The normalized spacial score (nSPS) is 17.2. The Morgan fingerprint density at radius 1 is 0.880 bits per heavy atom. The summed E-state index contributed by atoms with van der Waals surface area (Å²) in [5.74, 6) is 1.17. The molecule has 0 radical (unpaired) electrons. The largest absolute Gasteiger partial charge is 0.480 e. The van der Waals surface area contributed by atoms with Gasteiger partial charge in [0, 0.05) is 74.0 Å². The smallest absolute Gasteiger partial charge is 0.314 e. The van der Waals surface area contributed by atoms with Crippen LogP contribution < -0.4 is 31.2 Å². The maximum Gasteiger partial charge on any atom is 0.314 e. The van der Waals surface area contributed by atoms with E-state index in [-0.39, 0.29) is 18.0 Å². The molecule has 0 bridgehead atoms. The average Bonchev–Trinajstić information content (AvgIpc) is 3.78. The number of nitrogens with two attached hydrogens (primary N) is 1. The lowest BCUT2D eigenvalue weighted by molar-refractivity contribution is -0.119. The molecule has 2 atom stereocenters. The standard InChI is InChI=1S/C35H39Cl2N9O4/c1-49-33-28(15-39-13-20-11-12-46(19-20)35(38)48)41-17-26(44-33)24-7-3-5-22(31(24)36)23-6-4-8-25(32(23)37)27-18-42-29(34(45-27)50-2)16-40-14-21-9-10-30(47)43-21/h3-8,17-18,20-21,39-40H,9-16,19H2,1-2H3,(H2,38,48)(H,43,47). The first kappa shape index (κ1) is 35.3. The molecule has 2 aromatic carbocycles. The van der Waals surface area contributed by atoms with Crippen LogP contribution >= 0.6 is 23.2 Å². The highest BCUT2D eigenvalue weighted by Gasteiger charge is 2.25. The Labute approximate surface area is 300 Å². The molecule has 2 aliphatic heterocycles. The van der Waals surface area contributed by atoms with Gasteiger partial charge in [0.15, 0.2) is 0 Å². The molecular weight excluding hydrogens is 681 g/mol. The van der Waals surface area contributed by atoms with Crippen molar-refractivity contribution in [1.29, 1.82) is 0 Å². The van der Waals surface area contributed by atoms with E-state index in [4.69, 9.17) is 48.4 Å². The summed E-state index contributed by atoms with van der Waals surface area (Å²) in [6.45, 7) is 3.54. The molecular formula is C35H39Cl2N9O4. The van der Waals surface area contributed by atoms with Crippen LogP contribution in [0.15, 0.2) is 48.8 Å². The van der Waals surface area contributed by atoms with Crippen LogP contribution in [0.25, 0.3) is 33.6 Å². The molecule has 2 aromatic heterocycles. The summed E-state index contributed by atoms with van der Waals surface area (Å²) in [5.41, 5.74) is 10.6. The van der Waals surface area contributed by atoms with E-state index in [0.29, 0.717) is 118 Å². The molecule has 0 spiro atoms. The highest BCUT2D eigenvalue weighted by molar-refractivity contribution is 6.39. The van der Waals surface area contributed by atoms with Gasteiger partial charge in [0.05, 0.1) is 48.0 Å². The Balaban J connectivity index is 1.18. The summed E-state index contributed by atoms with van der Waals surface area (Å²) in [5, 5.41) is 10.6. The molecule has 2 fully saturated rings. The number of hydrogen-bond acceptors (Lipinski definition) is 10. The van der Waals surface area contributed by atoms with E-state index >= 15 is 0 Å². The second-order valence-corrected chi connectivity index (χ2v) is 13.0. The molecule has 0 saturated carbocycles. The summed E-state index contributed by atoms with van der Waals surface area (Å²) < 4.78 is 11.2. The van der Waals surface area contributed by atoms with Crippen molar-refractivity contribution < 1.29 is 19.1 Å². The molecule has 6 rings (SSSR count). The number of carbonyl (C=O) groups excluding carboxylic acids is 2. The van der Waals surface area contributed by atoms with Crippen LogP contribution in [0.3, 0.4) is 0 Å². The van der Waals surface area contributed by atoms with Crippen molar-refractivity contribution in [3.63, 3.8) is 0 Å². The van der Waals surface area contributed by atoms with Gasteiger partial charge in [-0.1, -0.05) is 59.6 Å². The minimum Gasteiger partial charge on any atom is -0.480 e. The molecule has 2 aliphatic rings. The van der Waals surface area contributed by atoms with Crippen molar-refractivity contribution in [2.75, 3.05) is 40.4 Å². The number of aromatic nitrogens is 4. The summed E-state index contributed by atoms with van der Waals surface area (Å²) >= 11 is 14.1. The summed E-state index contributed by atoms with van der Waals surface area (Å²) in [4.78, 5) is 43.3. The highest BCUT2D eigenvalue weighted by atomic mass is 35.5. The number of urea groups is 1. The SMILES string of the molecule is COc1nc(-c2cccc(-c3cccc(-c4cnc(CNCC5CCC(=O)N5)c(OC)n4)c3Cl)c2Cl)cnc1CNCC1CCN(C(N)=O)C1. The molecule has 0 aliphatic carbocycles. The minimum atomic E-state index is -0.383. The number of methoxy groups -OCH3 is 2. The number of rotatable bonds is 13. The number of benzene rings is 2. The molecule has 3 amide bonds. The van der Waals surface area contributed by atoms with Crippen LogP contribution in [0.2, 0.25) is 10.0 Å². The molecule has 2 unspecified atom stereocenters. The zero-order valence-corrected chi connectivity index (χ0v) is 29.4. The fourth-order valence-electron chi connectivity index (χ4n) is 6.29. The quantitative estimate of drug-likeness (QED) is 0.155. The van der Waals surface area contributed by atoms with E-state index in [0.717, 1.165) is 12.8 Å². The molecule has 2 saturated heterocycles. The van der Waals surface area contributed by atoms with Gasteiger partial charge < -0.3 is 36.1 Å². The topological polar surface area (TPSA) is 170 Å². The molecule has 262 valence electrons. The van der Waals surface area contributed by atoms with E-state index in [1.807, 2.05) is 36.4 Å². The molecule has 4 heterocycles. The van der Waals surface area contributed by atoms with Crippen LogP contribution in [0.4, 0.5) is 4.79 Å². The number of primary amides is 1. The minimum absolute atomic E-state index is 0.0785. The maximum absolute atomic E-state index is 11.5. The van der Waals surface area contributed by atoms with Crippen LogP contribution in [0.5, 0.6) is 11.8 Å². The number of carbonyl (C=O) groups is 2. The summed E-state index contributed by atoms with van der Waals surface area (Å²) in [7, 11) is 3.11. The molecule has 4 aromatic rings. The van der Waals surface area contributed by atoms with Gasteiger partial charge in [-0.05, 0) is 18.8 Å². The number of ether oxygens (including phenoxy) is 2. The van der Waals surface area contributed by atoms with E-state index in [1.165, 1.54) is 0 Å². The van der Waals surface area contributed by atoms with Crippen molar-refractivity contribution in [3.8, 4) is 45.4 Å². The second kappa shape index (κ2) is 16.0. The third-order valence-electron chi connectivity index (χ3n) is 8.94. The van der Waals surface area contributed by atoms with E-state index in [1.54, 1.807) is 31.5 Å². The zero-order valence-electron chi connectivity index (χ0n) is 27.8. The van der Waals surface area contributed by atoms with Gasteiger partial charge in [-0.2, -0.15) is 0 Å². The second-order valence-electron chi connectivity index (χ2n) is 12.3. The van der Waals surface area contributed by atoms with Crippen molar-refractivity contribution >= 4 is 35.1 Å². The Morgan fingerprint density at radius 2 is 1.42 bits per heavy atom. The lowest BCUT2D eigenvalue weighted by atomic mass is 9.98.